The molecule has 1 aliphatic heterocycles. The van der Waals surface area contributed by atoms with Gasteiger partial charge in [0.2, 0.25) is 0 Å². The van der Waals surface area contributed by atoms with Crippen molar-refractivity contribution >= 4 is 0 Å². The zero-order chi connectivity index (χ0) is 17.8. The summed E-state index contributed by atoms with van der Waals surface area (Å²) in [5.41, 5.74) is 3.73. The van der Waals surface area contributed by atoms with Gasteiger partial charge in [-0.2, -0.15) is 0 Å². The van der Waals surface area contributed by atoms with Crippen LogP contribution >= 0.6 is 0 Å². The molecule has 0 saturated carbocycles. The van der Waals surface area contributed by atoms with Crippen molar-refractivity contribution in [2.45, 2.75) is 60.9 Å². The van der Waals surface area contributed by atoms with Gasteiger partial charge in [0, 0.05) is 32.7 Å². The Labute approximate surface area is 150 Å². The van der Waals surface area contributed by atoms with Gasteiger partial charge in [-0.25, -0.2) is 0 Å². The molecule has 0 radical (unpaired) electrons. The van der Waals surface area contributed by atoms with Crippen molar-refractivity contribution < 1.29 is 0 Å². The highest BCUT2D eigenvalue weighted by molar-refractivity contribution is 5.23. The zero-order valence-corrected chi connectivity index (χ0v) is 16.9. The van der Waals surface area contributed by atoms with Crippen LogP contribution in [-0.2, 0) is 13.0 Å². The highest BCUT2D eigenvalue weighted by Crippen LogP contribution is 2.22. The molecule has 0 spiro atoms. The van der Waals surface area contributed by atoms with E-state index in [1.165, 1.54) is 50.3 Å². The molecule has 0 bridgehead atoms. The van der Waals surface area contributed by atoms with Crippen LogP contribution in [0.25, 0.3) is 0 Å². The van der Waals surface area contributed by atoms with E-state index in [-0.39, 0.29) is 0 Å². The maximum absolute atomic E-state index is 2.63. The Kier molecular flexibility index (Phi) is 6.50. The van der Waals surface area contributed by atoms with E-state index in [9.17, 15) is 0 Å². The lowest BCUT2D eigenvalue weighted by atomic mass is 9.88. The van der Waals surface area contributed by atoms with Crippen LogP contribution in [0.15, 0.2) is 24.3 Å². The SMILES string of the molecule is CC(C)(C)CCN1CCN(Cc2ccc(CC(C)(C)C)cc2)CC1. The fourth-order valence-corrected chi connectivity index (χ4v) is 3.30. The second-order valence-corrected chi connectivity index (χ2v) is 9.98. The molecule has 0 N–H and O–H groups in total. The molecule has 1 saturated heterocycles. The monoisotopic (exact) mass is 330 g/mol. The smallest absolute Gasteiger partial charge is 0.0234 e. The minimum Gasteiger partial charge on any atom is -0.301 e. The van der Waals surface area contributed by atoms with Crippen LogP contribution in [-0.4, -0.2) is 42.5 Å². The first-order valence-corrected chi connectivity index (χ1v) is 9.63. The summed E-state index contributed by atoms with van der Waals surface area (Å²) in [6.07, 6.45) is 2.45. The molecule has 1 aromatic rings. The number of rotatable bonds is 5. The fourth-order valence-electron chi connectivity index (χ4n) is 3.30. The number of hydrogen-bond acceptors (Lipinski definition) is 2. The van der Waals surface area contributed by atoms with Crippen molar-refractivity contribution in [3.63, 3.8) is 0 Å². The summed E-state index contributed by atoms with van der Waals surface area (Å²) < 4.78 is 0. The Hall–Kier alpha value is -0.860. The van der Waals surface area contributed by atoms with Gasteiger partial charge < -0.3 is 4.90 Å². The lowest BCUT2D eigenvalue weighted by Gasteiger charge is -2.36. The van der Waals surface area contributed by atoms with Gasteiger partial charge in [-0.3, -0.25) is 4.90 Å². The molecule has 1 heterocycles. The van der Waals surface area contributed by atoms with Crippen molar-refractivity contribution in [1.82, 2.24) is 9.80 Å². The molecule has 0 unspecified atom stereocenters. The van der Waals surface area contributed by atoms with E-state index in [2.05, 4.69) is 75.6 Å². The molecule has 24 heavy (non-hydrogen) atoms. The van der Waals surface area contributed by atoms with Crippen LogP contribution in [0, 0.1) is 10.8 Å². The molecular weight excluding hydrogens is 292 g/mol. The van der Waals surface area contributed by atoms with Crippen LogP contribution in [0.5, 0.6) is 0 Å². The van der Waals surface area contributed by atoms with Gasteiger partial charge in [-0.15, -0.1) is 0 Å². The van der Waals surface area contributed by atoms with E-state index in [0.717, 1.165) is 13.0 Å². The summed E-state index contributed by atoms with van der Waals surface area (Å²) >= 11 is 0. The van der Waals surface area contributed by atoms with E-state index in [1.807, 2.05) is 0 Å². The second-order valence-electron chi connectivity index (χ2n) is 9.98. The summed E-state index contributed by atoms with van der Waals surface area (Å²) in [4.78, 5) is 5.24. The summed E-state index contributed by atoms with van der Waals surface area (Å²) in [7, 11) is 0. The minimum atomic E-state index is 0.366. The van der Waals surface area contributed by atoms with E-state index in [0.29, 0.717) is 10.8 Å². The summed E-state index contributed by atoms with van der Waals surface area (Å²) in [5, 5.41) is 0. The number of benzene rings is 1. The van der Waals surface area contributed by atoms with Gasteiger partial charge >= 0.3 is 0 Å². The van der Waals surface area contributed by atoms with Gasteiger partial charge in [0.05, 0.1) is 0 Å². The lowest BCUT2D eigenvalue weighted by molar-refractivity contribution is 0.116. The first kappa shape index (κ1) is 19.5. The molecule has 0 atom stereocenters. The Bertz CT molecular complexity index is 482. The van der Waals surface area contributed by atoms with Gasteiger partial charge in [-0.1, -0.05) is 65.8 Å². The zero-order valence-electron chi connectivity index (χ0n) is 16.9. The first-order valence-electron chi connectivity index (χ1n) is 9.63. The van der Waals surface area contributed by atoms with Gasteiger partial charge in [-0.05, 0) is 41.3 Å². The van der Waals surface area contributed by atoms with Crippen molar-refractivity contribution in [3.05, 3.63) is 35.4 Å². The summed E-state index contributed by atoms with van der Waals surface area (Å²) in [6.45, 7) is 21.1. The third kappa shape index (κ3) is 7.36. The van der Waals surface area contributed by atoms with Gasteiger partial charge in [0.25, 0.3) is 0 Å². The Balaban J connectivity index is 1.75. The molecule has 136 valence electrons. The molecule has 0 aliphatic carbocycles. The minimum absolute atomic E-state index is 0.366. The quantitative estimate of drug-likeness (QED) is 0.763. The standard InChI is InChI=1S/C22H38N2/c1-21(2,3)11-12-23-13-15-24(16-14-23)18-20-9-7-19(8-10-20)17-22(4,5)6/h7-10H,11-18H2,1-6H3. The maximum Gasteiger partial charge on any atom is 0.0234 e. The van der Waals surface area contributed by atoms with Crippen molar-refractivity contribution in [2.24, 2.45) is 10.8 Å². The molecule has 2 nitrogen and oxygen atoms in total. The van der Waals surface area contributed by atoms with Crippen molar-refractivity contribution in [1.29, 1.82) is 0 Å². The van der Waals surface area contributed by atoms with Crippen molar-refractivity contribution in [2.75, 3.05) is 32.7 Å². The van der Waals surface area contributed by atoms with Gasteiger partial charge in [0.1, 0.15) is 0 Å². The predicted molar refractivity (Wildman–Crippen MR) is 105 cm³/mol. The van der Waals surface area contributed by atoms with Crippen LogP contribution in [0.1, 0.15) is 59.1 Å². The topological polar surface area (TPSA) is 6.48 Å². The van der Waals surface area contributed by atoms with Crippen LogP contribution in [0.3, 0.4) is 0 Å². The van der Waals surface area contributed by atoms with Crippen molar-refractivity contribution in [3.8, 4) is 0 Å². The summed E-state index contributed by atoms with van der Waals surface area (Å²) in [6, 6.07) is 9.29. The Morgan fingerprint density at radius 1 is 0.708 bits per heavy atom. The molecule has 2 rings (SSSR count). The first-order chi connectivity index (χ1) is 11.1. The van der Waals surface area contributed by atoms with Crippen LogP contribution in [0.4, 0.5) is 0 Å². The number of piperazine rings is 1. The average molecular weight is 331 g/mol. The van der Waals surface area contributed by atoms with E-state index in [1.54, 1.807) is 0 Å². The van der Waals surface area contributed by atoms with E-state index < -0.39 is 0 Å². The average Bonchev–Trinajstić information content (AvgIpc) is 2.46. The molecule has 0 aromatic heterocycles. The van der Waals surface area contributed by atoms with Crippen LogP contribution in [0.2, 0.25) is 0 Å². The van der Waals surface area contributed by atoms with Gasteiger partial charge in [0.15, 0.2) is 0 Å². The maximum atomic E-state index is 2.63. The molecule has 0 amide bonds. The third-order valence-corrected chi connectivity index (χ3v) is 4.81. The predicted octanol–water partition coefficient (Wildman–Crippen LogP) is 4.83. The molecule has 2 heteroatoms. The molecule has 1 aliphatic rings. The molecule has 1 fully saturated rings. The highest BCUT2D eigenvalue weighted by Gasteiger charge is 2.19. The highest BCUT2D eigenvalue weighted by atomic mass is 15.3. The largest absolute Gasteiger partial charge is 0.301 e. The Morgan fingerprint density at radius 3 is 1.71 bits per heavy atom. The second kappa shape index (κ2) is 8.01. The summed E-state index contributed by atoms with van der Waals surface area (Å²) in [5.74, 6) is 0. The Morgan fingerprint density at radius 2 is 1.21 bits per heavy atom. The fraction of sp³-hybridized carbons (Fsp3) is 0.727. The normalized spacial score (nSPS) is 18.1. The molecule has 1 aromatic carbocycles. The van der Waals surface area contributed by atoms with E-state index in [4.69, 9.17) is 0 Å². The molecular formula is C22H38N2. The number of hydrogen-bond donors (Lipinski definition) is 0. The number of nitrogens with zero attached hydrogens (tertiary/aromatic N) is 2. The van der Waals surface area contributed by atoms with Crippen LogP contribution < -0.4 is 0 Å². The third-order valence-electron chi connectivity index (χ3n) is 4.81. The van der Waals surface area contributed by atoms with E-state index >= 15 is 0 Å². The lowest BCUT2D eigenvalue weighted by Crippen LogP contribution is -2.46.